The summed E-state index contributed by atoms with van der Waals surface area (Å²) in [5, 5.41) is 11.8. The first kappa shape index (κ1) is 27.1. The third-order valence-electron chi connectivity index (χ3n) is 8.48. The summed E-state index contributed by atoms with van der Waals surface area (Å²) >= 11 is 5.70. The molecule has 6 heterocycles. The van der Waals surface area contributed by atoms with Crippen LogP contribution in [-0.2, 0) is 14.3 Å². The second-order valence-corrected chi connectivity index (χ2v) is 12.1. The number of likely N-dealkylation sites (tertiary alicyclic amines) is 1. The van der Waals surface area contributed by atoms with Crippen LogP contribution in [0.4, 0.5) is 16.7 Å². The number of amides is 2. The van der Waals surface area contributed by atoms with Gasteiger partial charge in [-0.05, 0) is 44.4 Å². The minimum atomic E-state index is -0.316. The van der Waals surface area contributed by atoms with E-state index in [4.69, 9.17) is 31.0 Å². The van der Waals surface area contributed by atoms with Gasteiger partial charge in [0.25, 0.3) is 5.91 Å². The molecule has 4 aliphatic heterocycles. The van der Waals surface area contributed by atoms with Crippen molar-refractivity contribution in [2.75, 3.05) is 36.9 Å². The molecule has 2 unspecified atom stereocenters. The average molecular weight is 573 g/mol. The highest BCUT2D eigenvalue weighted by molar-refractivity contribution is 6.41. The molecular formula is C27H37ClN8O4. The van der Waals surface area contributed by atoms with Crippen LogP contribution >= 0.6 is 11.6 Å². The van der Waals surface area contributed by atoms with E-state index in [0.29, 0.717) is 25.0 Å². The number of nitrogens with one attached hydrogen (secondary N) is 2. The lowest BCUT2D eigenvalue weighted by atomic mass is 9.98. The number of hydrogen-bond donors (Lipinski definition) is 2. The Bertz CT molecular complexity index is 1270. The highest BCUT2D eigenvalue weighted by Gasteiger charge is 2.46. The van der Waals surface area contributed by atoms with Gasteiger partial charge >= 0.3 is 6.09 Å². The number of halogens is 1. The maximum atomic E-state index is 13.1. The van der Waals surface area contributed by atoms with Crippen LogP contribution in [0.1, 0.15) is 63.9 Å². The summed E-state index contributed by atoms with van der Waals surface area (Å²) in [5.41, 5.74) is 1.88. The molecule has 4 aliphatic rings. The minimum absolute atomic E-state index is 0.0274. The molecule has 13 heteroatoms. The molecule has 2 aromatic rings. The highest BCUT2D eigenvalue weighted by Crippen LogP contribution is 2.38. The second kappa shape index (κ2) is 11.0. The number of carbonyl (C=O) groups excluding carboxylic acids is 2. The second-order valence-electron chi connectivity index (χ2n) is 11.6. The standard InChI is InChI=1S/C27H37ClN8O4/c1-15(2)22-12-29-36-23(22)32-25(30-17-6-8-39-9-7-17)33-26(36)31-18-10-19-4-5-20(11-18)35(19)27(38)40-21-13-34(14-21)24(37)16(3)28/h12,15,17-21H,3-11,13-14H2,1-2H3,(H2,30,31,32,33). The van der Waals surface area contributed by atoms with E-state index in [-0.39, 0.29) is 53.2 Å². The zero-order chi connectivity index (χ0) is 28.0. The summed E-state index contributed by atoms with van der Waals surface area (Å²) < 4.78 is 13.0. The molecule has 0 saturated carbocycles. The molecule has 40 heavy (non-hydrogen) atoms. The van der Waals surface area contributed by atoms with Crippen LogP contribution in [0.3, 0.4) is 0 Å². The van der Waals surface area contributed by atoms with Crippen molar-refractivity contribution in [1.82, 2.24) is 29.4 Å². The molecule has 12 nitrogen and oxygen atoms in total. The molecular weight excluding hydrogens is 536 g/mol. The predicted octanol–water partition coefficient (Wildman–Crippen LogP) is 3.35. The lowest BCUT2D eigenvalue weighted by Gasteiger charge is -2.42. The van der Waals surface area contributed by atoms with Gasteiger partial charge in [-0.25, -0.2) is 4.79 Å². The van der Waals surface area contributed by atoms with Gasteiger partial charge in [-0.2, -0.15) is 19.6 Å². The monoisotopic (exact) mass is 572 g/mol. The normalized spacial score (nSPS) is 25.2. The fourth-order valence-electron chi connectivity index (χ4n) is 6.31. The smallest absolute Gasteiger partial charge is 0.410 e. The van der Waals surface area contributed by atoms with Gasteiger partial charge in [0.05, 0.1) is 24.3 Å². The largest absolute Gasteiger partial charge is 0.442 e. The lowest BCUT2D eigenvalue weighted by molar-refractivity contribution is -0.137. The summed E-state index contributed by atoms with van der Waals surface area (Å²) in [4.78, 5) is 38.1. The summed E-state index contributed by atoms with van der Waals surface area (Å²) in [6, 6.07) is 0.582. The summed E-state index contributed by atoms with van der Waals surface area (Å²) in [6.45, 7) is 9.91. The Morgan fingerprint density at radius 1 is 1.07 bits per heavy atom. The van der Waals surface area contributed by atoms with E-state index >= 15 is 0 Å². The van der Waals surface area contributed by atoms with E-state index in [1.807, 2.05) is 11.1 Å². The van der Waals surface area contributed by atoms with Crippen LogP contribution in [0.15, 0.2) is 17.8 Å². The highest BCUT2D eigenvalue weighted by atomic mass is 35.5. The Kier molecular flexibility index (Phi) is 7.47. The Morgan fingerprint density at radius 2 is 1.77 bits per heavy atom. The minimum Gasteiger partial charge on any atom is -0.442 e. The molecule has 0 aromatic carbocycles. The van der Waals surface area contributed by atoms with Gasteiger partial charge in [0, 0.05) is 42.9 Å². The quantitative estimate of drug-likeness (QED) is 0.480. The zero-order valence-corrected chi connectivity index (χ0v) is 23.8. The lowest BCUT2D eigenvalue weighted by Crippen LogP contribution is -2.58. The summed E-state index contributed by atoms with van der Waals surface area (Å²) in [5.74, 6) is 1.21. The van der Waals surface area contributed by atoms with Crippen LogP contribution in [0, 0.1) is 0 Å². The van der Waals surface area contributed by atoms with Crippen LogP contribution in [-0.4, -0.2) is 98.0 Å². The van der Waals surface area contributed by atoms with Crippen LogP contribution < -0.4 is 10.6 Å². The summed E-state index contributed by atoms with van der Waals surface area (Å²) in [7, 11) is 0. The fraction of sp³-hybridized carbons (Fsp3) is 0.667. The maximum absolute atomic E-state index is 13.1. The Morgan fingerprint density at radius 3 is 2.42 bits per heavy atom. The maximum Gasteiger partial charge on any atom is 0.410 e. The molecule has 4 saturated heterocycles. The fourth-order valence-corrected chi connectivity index (χ4v) is 6.43. The number of nitrogens with zero attached hydrogens (tertiary/aromatic N) is 6. The van der Waals surface area contributed by atoms with Crippen molar-refractivity contribution in [2.24, 2.45) is 0 Å². The zero-order valence-electron chi connectivity index (χ0n) is 23.0. The van der Waals surface area contributed by atoms with Gasteiger partial charge in [0.2, 0.25) is 11.9 Å². The molecule has 2 amide bonds. The summed E-state index contributed by atoms with van der Waals surface area (Å²) in [6.07, 6.45) is 6.56. The molecule has 2 bridgehead atoms. The van der Waals surface area contributed by atoms with E-state index in [1.165, 1.54) is 4.90 Å². The van der Waals surface area contributed by atoms with E-state index < -0.39 is 0 Å². The Labute approximate surface area is 238 Å². The van der Waals surface area contributed by atoms with E-state index in [9.17, 15) is 9.59 Å². The molecule has 4 fully saturated rings. The molecule has 6 rings (SSSR count). The van der Waals surface area contributed by atoms with Gasteiger partial charge in [0.15, 0.2) is 5.65 Å². The van der Waals surface area contributed by atoms with Crippen molar-refractivity contribution in [2.45, 2.75) is 88.6 Å². The van der Waals surface area contributed by atoms with Crippen molar-refractivity contribution in [3.8, 4) is 0 Å². The average Bonchev–Trinajstić information content (AvgIpc) is 3.45. The van der Waals surface area contributed by atoms with Gasteiger partial charge in [0.1, 0.15) is 6.10 Å². The third-order valence-corrected chi connectivity index (χ3v) is 8.65. The molecule has 0 radical (unpaired) electrons. The topological polar surface area (TPSA) is 126 Å². The number of rotatable bonds is 7. The first-order chi connectivity index (χ1) is 19.3. The van der Waals surface area contributed by atoms with Crippen molar-refractivity contribution >= 4 is 41.1 Å². The van der Waals surface area contributed by atoms with Gasteiger partial charge in [-0.15, -0.1) is 0 Å². The van der Waals surface area contributed by atoms with Crippen LogP contribution in [0.2, 0.25) is 0 Å². The number of ether oxygens (including phenoxy) is 2. The molecule has 216 valence electrons. The van der Waals surface area contributed by atoms with Gasteiger partial charge in [-0.3, -0.25) is 4.79 Å². The first-order valence-corrected chi connectivity index (χ1v) is 14.6. The molecule has 0 aliphatic carbocycles. The van der Waals surface area contributed by atoms with E-state index in [1.54, 1.807) is 4.52 Å². The molecule has 2 N–H and O–H groups in total. The van der Waals surface area contributed by atoms with Crippen molar-refractivity contribution in [1.29, 1.82) is 0 Å². The van der Waals surface area contributed by atoms with E-state index in [0.717, 1.165) is 62.9 Å². The number of anilines is 2. The molecule has 2 atom stereocenters. The Hall–Kier alpha value is -3.12. The Balaban J connectivity index is 1.13. The number of aromatic nitrogens is 4. The van der Waals surface area contributed by atoms with Crippen molar-refractivity contribution in [3.63, 3.8) is 0 Å². The van der Waals surface area contributed by atoms with E-state index in [2.05, 4.69) is 36.2 Å². The van der Waals surface area contributed by atoms with Crippen molar-refractivity contribution in [3.05, 3.63) is 23.4 Å². The predicted molar refractivity (Wildman–Crippen MR) is 149 cm³/mol. The van der Waals surface area contributed by atoms with Gasteiger partial charge < -0.3 is 29.9 Å². The van der Waals surface area contributed by atoms with Crippen LogP contribution in [0.25, 0.3) is 5.65 Å². The number of piperidine rings is 1. The number of fused-ring (bicyclic) bond motifs is 3. The SMILES string of the molecule is C=C(Cl)C(=O)N1CC(OC(=O)N2C3CCC2CC(Nc2nc(NC4CCOCC4)nc4c(C(C)C)cnn24)C3)C1. The van der Waals surface area contributed by atoms with Gasteiger partial charge in [-0.1, -0.05) is 32.0 Å². The van der Waals surface area contributed by atoms with Crippen molar-refractivity contribution < 1.29 is 19.1 Å². The molecule has 2 aromatic heterocycles. The first-order valence-electron chi connectivity index (χ1n) is 14.3. The number of hydrogen-bond acceptors (Lipinski definition) is 9. The molecule has 0 spiro atoms. The third kappa shape index (κ3) is 5.30. The number of carbonyl (C=O) groups is 2. The van der Waals surface area contributed by atoms with Crippen LogP contribution in [0.5, 0.6) is 0 Å².